The molecule has 0 aliphatic rings. The number of carbonyl (C=O) groups excluding carboxylic acids is 14. The summed E-state index contributed by atoms with van der Waals surface area (Å²) in [5.41, 5.74) is 0. The molecular formula is C78H42I24O30-8. The number of carboxylic acid groups (broad SMARTS) is 8. The smallest absolute Gasteiger partial charge is 0.390 e. The van der Waals surface area contributed by atoms with E-state index >= 15 is 0 Å². The molecule has 0 amide bonds. The van der Waals surface area contributed by atoms with Gasteiger partial charge in [-0.1, -0.05) is 0 Å². The van der Waals surface area contributed by atoms with Crippen LogP contribution in [0.1, 0.15) is 64.2 Å². The molecule has 710 valence electrons. The number of hydrogen-bond acceptors (Lipinski definition) is 30. The lowest BCUT2D eigenvalue weighted by Gasteiger charge is -2.10. The lowest BCUT2D eigenvalue weighted by molar-refractivity contribution is -0.308. The normalized spacial score (nSPS) is 10.0. The van der Waals surface area contributed by atoms with Crippen LogP contribution in [0.15, 0.2) is 109 Å². The monoisotopic (exact) mass is 4500 g/mol. The standard InChI is InChI=1S/C12H11I3O4.C11H9I3O4.C10H7I3O4.C10H5I3O4.C10H3I3O4.C9H5I3O4.2C8H5I3O3/c13-7-5-8(14)12(9(15)6-7)19-11(18)4-2-1-3-10(16)17;12-6-4-7(13)11(8(14)5-6)18-10(17)3-1-2-9(15)16;3*11-5-3-6(12)10(7(13)4-5)17-9(16)2-1-8(14)15;10-4-1-5(11)9(6(12)2-4)16-8(15)3-7(13)14;2*9-4-1-5(10)8(6(11)2-4)14-3-7(12)13/h5-6H,1-4H2,(H,16,17);4-5H,1-3H2,(H,15,16);3-4H,1-2H2,(H,14,15);1-4H,(H,14,15);3-4H,(H,14,15);1-2H,3H2,(H,13,14);2*1-2H,3H2,(H,12,13)/p-8/b;;;2-1+;;;;. The second-order valence-corrected chi connectivity index (χ2v) is 51.6. The van der Waals surface area contributed by atoms with Crippen LogP contribution in [0, 0.1) is 97.5 Å². The summed E-state index contributed by atoms with van der Waals surface area (Å²) < 4.78 is 62.7. The van der Waals surface area contributed by atoms with E-state index in [0.717, 1.165) is 91.8 Å². The molecule has 0 bridgehead atoms. The van der Waals surface area contributed by atoms with Gasteiger partial charge in [-0.2, -0.15) is 0 Å². The first-order chi connectivity index (χ1) is 61.4. The first-order valence-electron chi connectivity index (χ1n) is 33.9. The number of unbranched alkanes of at least 4 members (excludes halogenated alkanes) is 1. The number of carboxylic acids is 8. The van der Waals surface area contributed by atoms with Crippen molar-refractivity contribution in [2.75, 3.05) is 13.2 Å². The first-order valence-corrected chi connectivity index (χ1v) is 59.8. The summed E-state index contributed by atoms with van der Waals surface area (Å²) in [6, 6.07) is 30.2. The van der Waals surface area contributed by atoms with E-state index in [1.165, 1.54) is 0 Å². The van der Waals surface area contributed by atoms with Gasteiger partial charge in [0.1, 0.15) is 30.7 Å². The van der Waals surface area contributed by atoms with E-state index < -0.39 is 97.2 Å². The summed E-state index contributed by atoms with van der Waals surface area (Å²) in [6.07, 6.45) is 1.50. The summed E-state index contributed by atoms with van der Waals surface area (Å²) >= 11 is 50.6. The van der Waals surface area contributed by atoms with E-state index in [0.29, 0.717) is 64.9 Å². The van der Waals surface area contributed by atoms with Crippen molar-refractivity contribution in [3.8, 4) is 57.8 Å². The highest BCUT2D eigenvalue weighted by atomic mass is 127. The van der Waals surface area contributed by atoms with E-state index in [2.05, 4.69) is 407 Å². The molecule has 0 N–H and O–H groups in total. The van der Waals surface area contributed by atoms with Crippen LogP contribution in [0.25, 0.3) is 0 Å². The molecule has 0 spiro atoms. The number of hydrogen-bond donors (Lipinski definition) is 0. The first kappa shape index (κ1) is 133. The van der Waals surface area contributed by atoms with Crippen LogP contribution in [-0.4, -0.2) is 96.8 Å². The predicted molar refractivity (Wildman–Crippen MR) is 665 cm³/mol. The van der Waals surface area contributed by atoms with E-state index in [1.54, 1.807) is 5.92 Å². The highest BCUT2D eigenvalue weighted by Gasteiger charge is 2.20. The number of halogens is 24. The highest BCUT2D eigenvalue weighted by molar-refractivity contribution is 14.1. The molecule has 8 aromatic rings. The maximum Gasteiger partial charge on any atom is 0.390 e. The maximum atomic E-state index is 11.7. The van der Waals surface area contributed by atoms with Crippen LogP contribution in [0.5, 0.6) is 46.0 Å². The molecule has 0 aromatic heterocycles. The van der Waals surface area contributed by atoms with Crippen LogP contribution >= 0.6 is 542 Å². The van der Waals surface area contributed by atoms with Crippen molar-refractivity contribution in [1.82, 2.24) is 0 Å². The lowest BCUT2D eigenvalue weighted by Crippen LogP contribution is -2.29. The zero-order valence-corrected chi connectivity index (χ0v) is 116. The lowest BCUT2D eigenvalue weighted by atomic mass is 10.2. The molecule has 8 aromatic carbocycles. The Morgan fingerprint density at radius 1 is 0.235 bits per heavy atom. The Morgan fingerprint density at radius 3 is 0.712 bits per heavy atom. The van der Waals surface area contributed by atoms with Gasteiger partial charge in [-0.15, -0.1) is 0 Å². The Bertz CT molecular complexity index is 5410. The number of benzene rings is 8. The van der Waals surface area contributed by atoms with Crippen molar-refractivity contribution in [1.29, 1.82) is 0 Å². The van der Waals surface area contributed by atoms with Crippen molar-refractivity contribution < 1.29 is 146 Å². The summed E-state index contributed by atoms with van der Waals surface area (Å²) in [7, 11) is 0. The van der Waals surface area contributed by atoms with Gasteiger partial charge < -0.3 is 117 Å². The fourth-order valence-corrected chi connectivity index (χ4v) is 38.3. The van der Waals surface area contributed by atoms with E-state index in [-0.39, 0.29) is 50.9 Å². The Hall–Kier alpha value is 2.76. The minimum Gasteiger partial charge on any atom is -0.550 e. The molecule has 0 saturated heterocycles. The molecule has 132 heavy (non-hydrogen) atoms. The maximum absolute atomic E-state index is 11.7. The molecule has 8 rings (SSSR count). The minimum atomic E-state index is -1.62. The van der Waals surface area contributed by atoms with Gasteiger partial charge in [0, 0.05) is 71.3 Å². The molecule has 30 nitrogen and oxygen atoms in total. The molecule has 0 fully saturated rings. The predicted octanol–water partition coefficient (Wildman–Crippen LogP) is 14.7. The zero-order valence-electron chi connectivity index (χ0n) is 64.2. The van der Waals surface area contributed by atoms with Crippen LogP contribution in [0.2, 0.25) is 0 Å². The van der Waals surface area contributed by atoms with Crippen molar-refractivity contribution in [3.05, 3.63) is 195 Å². The summed E-state index contributed by atoms with van der Waals surface area (Å²) in [5.74, 6) is -6.81. The van der Waals surface area contributed by atoms with Crippen molar-refractivity contribution in [2.45, 2.75) is 64.2 Å². The fraction of sp³-hybridized carbons (Fsp3) is 0.154. The molecule has 0 saturated carbocycles. The average Bonchev–Trinajstić information content (AvgIpc) is 0.883. The quantitative estimate of drug-likeness (QED) is 0.00642. The van der Waals surface area contributed by atoms with Crippen molar-refractivity contribution in [3.63, 3.8) is 0 Å². The number of ether oxygens (including phenoxy) is 8. The number of carbonyl (C=O) groups is 14. The van der Waals surface area contributed by atoms with Gasteiger partial charge >= 0.3 is 35.8 Å². The number of esters is 6. The van der Waals surface area contributed by atoms with Crippen molar-refractivity contribution in [2.24, 2.45) is 0 Å². The molecule has 0 atom stereocenters. The molecule has 0 heterocycles. The second-order valence-electron chi connectivity index (χ2n) is 23.0. The minimum absolute atomic E-state index is 0.0219. The molecular weight excluding hydrogens is 4460 g/mol. The molecule has 0 aliphatic heterocycles. The van der Waals surface area contributed by atoms with Gasteiger partial charge in [0.2, 0.25) is 0 Å². The summed E-state index contributed by atoms with van der Waals surface area (Å²) in [4.78, 5) is 150. The van der Waals surface area contributed by atoms with E-state index in [4.69, 9.17) is 37.9 Å². The SMILES string of the molecule is O=C([O-])/C=C/C(=O)Oc1c(I)cc(I)cc1I.O=C([O-])C#CC(=O)Oc1c(I)cc(I)cc1I.O=C([O-])CC(=O)Oc1c(I)cc(I)cc1I.O=C([O-])CCC(=O)Oc1c(I)cc(I)cc1I.O=C([O-])CCCC(=O)Oc1c(I)cc(I)cc1I.O=C([O-])CCCCC(=O)Oc1c(I)cc(I)cc1I.O=C([O-])COc1c(I)cc(I)cc1I.O=C([O-])COc1c(I)cc(I)cc1I. The van der Waals surface area contributed by atoms with E-state index in [9.17, 15) is 108 Å². The molecule has 0 unspecified atom stereocenters. The second kappa shape index (κ2) is 72.2. The Labute approximate surface area is 1080 Å². The van der Waals surface area contributed by atoms with Crippen LogP contribution in [-0.2, 0) is 67.1 Å². The largest absolute Gasteiger partial charge is 0.550 e. The van der Waals surface area contributed by atoms with Gasteiger partial charge in [-0.3, -0.25) is 19.2 Å². The van der Waals surface area contributed by atoms with Crippen LogP contribution in [0.4, 0.5) is 0 Å². The Balaban J connectivity index is 0.000000756. The van der Waals surface area contributed by atoms with Gasteiger partial charge in [-0.25, -0.2) is 9.59 Å². The van der Waals surface area contributed by atoms with Gasteiger partial charge in [0.25, 0.3) is 0 Å². The third-order valence-corrected chi connectivity index (χ3v) is 30.7. The zero-order chi connectivity index (χ0) is 101. The average molecular weight is 4500 g/mol. The van der Waals surface area contributed by atoms with Gasteiger partial charge in [0.15, 0.2) is 34.5 Å². The summed E-state index contributed by atoms with van der Waals surface area (Å²) in [5, 5.41) is 81.5. The fourth-order valence-electron chi connectivity index (χ4n) is 7.73. The third-order valence-electron chi connectivity index (χ3n) is 12.9. The third kappa shape index (κ3) is 59.5. The van der Waals surface area contributed by atoms with E-state index in [1.807, 2.05) is 239 Å². The molecule has 54 heteroatoms. The number of rotatable bonds is 28. The van der Waals surface area contributed by atoms with Crippen molar-refractivity contribution >= 4 is 626 Å². The Kier molecular flexibility index (Phi) is 72.6. The summed E-state index contributed by atoms with van der Waals surface area (Å²) in [6.45, 7) is -0.820. The van der Waals surface area contributed by atoms with Gasteiger partial charge in [-0.05, 0) is 690 Å². The van der Waals surface area contributed by atoms with Crippen LogP contribution < -0.4 is 78.7 Å². The molecule has 0 radical (unpaired) electrons. The Morgan fingerprint density at radius 2 is 0.462 bits per heavy atom. The van der Waals surface area contributed by atoms with Crippen LogP contribution in [0.3, 0.4) is 0 Å². The number of aliphatic carboxylic acids is 8. The van der Waals surface area contributed by atoms with Gasteiger partial charge in [0.05, 0.1) is 93.8 Å². The molecule has 0 aliphatic carbocycles. The highest BCUT2D eigenvalue weighted by Crippen LogP contribution is 2.37. The topological polar surface area (TPSA) is 497 Å².